The van der Waals surface area contributed by atoms with Gasteiger partial charge in [-0.15, -0.1) is 0 Å². The van der Waals surface area contributed by atoms with Crippen LogP contribution in [-0.4, -0.2) is 30.4 Å². The number of anilines is 1. The van der Waals surface area contributed by atoms with Gasteiger partial charge in [0.05, 0.1) is 0 Å². The van der Waals surface area contributed by atoms with E-state index in [1.54, 1.807) is 24.3 Å². The number of carbonyl (C=O) groups is 2. The van der Waals surface area contributed by atoms with Crippen LogP contribution < -0.4 is 16.4 Å². The van der Waals surface area contributed by atoms with Crippen molar-refractivity contribution in [2.24, 2.45) is 5.73 Å². The van der Waals surface area contributed by atoms with Crippen LogP contribution in [0, 0.1) is 0 Å². The maximum Gasteiger partial charge on any atom is 0.267 e. The Bertz CT molecular complexity index is 576. The van der Waals surface area contributed by atoms with Gasteiger partial charge in [0.1, 0.15) is 5.69 Å². The van der Waals surface area contributed by atoms with E-state index >= 15 is 0 Å². The molecule has 0 aliphatic heterocycles. The Hall–Kier alpha value is -2.34. The first-order valence-electron chi connectivity index (χ1n) is 5.56. The van der Waals surface area contributed by atoms with Crippen LogP contribution in [0.15, 0.2) is 24.3 Å². The van der Waals surface area contributed by atoms with Gasteiger partial charge in [-0.05, 0) is 24.3 Å². The Morgan fingerprint density at radius 2 is 2.22 bits per heavy atom. The van der Waals surface area contributed by atoms with E-state index < -0.39 is 0 Å². The summed E-state index contributed by atoms with van der Waals surface area (Å²) >= 11 is 0. The van der Waals surface area contributed by atoms with Crippen LogP contribution in [0.5, 0.6) is 0 Å². The number of hydrogen-bond donors (Lipinski definition) is 4. The molecule has 6 nitrogen and oxygen atoms in total. The van der Waals surface area contributed by atoms with Crippen molar-refractivity contribution in [2.75, 3.05) is 18.4 Å². The molecule has 0 bridgehead atoms. The van der Waals surface area contributed by atoms with Gasteiger partial charge in [0.25, 0.3) is 5.91 Å². The minimum absolute atomic E-state index is 0.193. The Morgan fingerprint density at radius 3 is 2.94 bits per heavy atom. The third-order valence-electron chi connectivity index (χ3n) is 2.52. The van der Waals surface area contributed by atoms with Crippen LogP contribution >= 0.6 is 0 Å². The van der Waals surface area contributed by atoms with E-state index in [1.165, 1.54) is 0 Å². The summed E-state index contributed by atoms with van der Waals surface area (Å²) in [6, 6.07) is 7.09. The van der Waals surface area contributed by atoms with Crippen LogP contribution in [0.2, 0.25) is 0 Å². The third kappa shape index (κ3) is 2.49. The van der Waals surface area contributed by atoms with Crippen molar-refractivity contribution < 1.29 is 9.59 Å². The summed E-state index contributed by atoms with van der Waals surface area (Å²) in [5.74, 6) is -0.193. The van der Waals surface area contributed by atoms with E-state index in [1.807, 2.05) is 0 Å². The number of H-pyrrole nitrogens is 1. The number of amides is 2. The lowest BCUT2D eigenvalue weighted by molar-refractivity contribution is -0.105. The molecule has 0 aliphatic carbocycles. The zero-order valence-electron chi connectivity index (χ0n) is 9.69. The first-order valence-corrected chi connectivity index (χ1v) is 5.56. The molecule has 0 aliphatic rings. The molecule has 0 radical (unpaired) electrons. The highest BCUT2D eigenvalue weighted by Crippen LogP contribution is 2.19. The zero-order chi connectivity index (χ0) is 13.0. The molecule has 1 aromatic carbocycles. The van der Waals surface area contributed by atoms with Gasteiger partial charge in [-0.1, -0.05) is 0 Å². The lowest BCUT2D eigenvalue weighted by Crippen LogP contribution is -2.29. The van der Waals surface area contributed by atoms with Crippen LogP contribution in [0.3, 0.4) is 0 Å². The van der Waals surface area contributed by atoms with E-state index in [2.05, 4.69) is 15.6 Å². The number of rotatable bonds is 5. The monoisotopic (exact) mass is 246 g/mol. The van der Waals surface area contributed by atoms with Gasteiger partial charge in [0, 0.05) is 29.7 Å². The number of hydrogen-bond acceptors (Lipinski definition) is 3. The Balaban J connectivity index is 2.26. The lowest BCUT2D eigenvalue weighted by Gasteiger charge is -1.99. The molecule has 94 valence electrons. The quantitative estimate of drug-likeness (QED) is 0.575. The largest absolute Gasteiger partial charge is 0.351 e. The fourth-order valence-electron chi connectivity index (χ4n) is 1.69. The topological polar surface area (TPSA) is 100 Å². The smallest absolute Gasteiger partial charge is 0.267 e. The summed E-state index contributed by atoms with van der Waals surface area (Å²) in [5, 5.41) is 6.10. The second kappa shape index (κ2) is 5.33. The van der Waals surface area contributed by atoms with Gasteiger partial charge in [-0.3, -0.25) is 9.59 Å². The standard InChI is InChI=1S/C12H14N4O2/c13-3-4-14-12(18)11-6-8-5-9(15-7-17)1-2-10(8)16-11/h1-2,5-7,16H,3-4,13H2,(H,14,18)(H,15,17). The fraction of sp³-hybridized carbons (Fsp3) is 0.167. The molecular weight excluding hydrogens is 232 g/mol. The summed E-state index contributed by atoms with van der Waals surface area (Å²) in [6.07, 6.45) is 0.614. The maximum absolute atomic E-state index is 11.7. The van der Waals surface area contributed by atoms with Gasteiger partial charge in [0.15, 0.2) is 0 Å². The van der Waals surface area contributed by atoms with Gasteiger partial charge < -0.3 is 21.4 Å². The highest BCUT2D eigenvalue weighted by molar-refractivity contribution is 5.98. The van der Waals surface area contributed by atoms with E-state index in [0.29, 0.717) is 30.9 Å². The minimum Gasteiger partial charge on any atom is -0.351 e. The number of aromatic nitrogens is 1. The van der Waals surface area contributed by atoms with Crippen molar-refractivity contribution in [3.8, 4) is 0 Å². The molecule has 1 heterocycles. The molecule has 1 aromatic heterocycles. The molecule has 18 heavy (non-hydrogen) atoms. The molecule has 0 unspecified atom stereocenters. The summed E-state index contributed by atoms with van der Waals surface area (Å²) in [5.41, 5.74) is 7.31. The summed E-state index contributed by atoms with van der Waals surface area (Å²) in [4.78, 5) is 25.1. The van der Waals surface area contributed by atoms with Crippen molar-refractivity contribution in [2.45, 2.75) is 0 Å². The molecule has 0 atom stereocenters. The maximum atomic E-state index is 11.7. The molecule has 0 saturated heterocycles. The lowest BCUT2D eigenvalue weighted by atomic mass is 10.2. The van der Waals surface area contributed by atoms with Crippen LogP contribution in [0.25, 0.3) is 10.9 Å². The van der Waals surface area contributed by atoms with Crippen molar-refractivity contribution in [3.05, 3.63) is 30.0 Å². The Labute approximate surface area is 104 Å². The molecule has 6 heteroatoms. The van der Waals surface area contributed by atoms with E-state index in [0.717, 1.165) is 10.9 Å². The highest BCUT2D eigenvalue weighted by atomic mass is 16.1. The average Bonchev–Trinajstić information content (AvgIpc) is 2.79. The number of nitrogens with two attached hydrogens (primary N) is 1. The predicted octanol–water partition coefficient (Wildman–Crippen LogP) is 0.425. The summed E-state index contributed by atoms with van der Waals surface area (Å²) < 4.78 is 0. The third-order valence-corrected chi connectivity index (χ3v) is 2.52. The van der Waals surface area contributed by atoms with E-state index in [-0.39, 0.29) is 5.91 Å². The molecule has 0 fully saturated rings. The van der Waals surface area contributed by atoms with Gasteiger partial charge in [0.2, 0.25) is 6.41 Å². The minimum atomic E-state index is -0.193. The van der Waals surface area contributed by atoms with E-state index in [4.69, 9.17) is 5.73 Å². The van der Waals surface area contributed by atoms with Gasteiger partial charge in [-0.25, -0.2) is 0 Å². The summed E-state index contributed by atoms with van der Waals surface area (Å²) in [6.45, 7) is 0.839. The van der Waals surface area contributed by atoms with Gasteiger partial charge >= 0.3 is 0 Å². The number of fused-ring (bicyclic) bond motifs is 1. The average molecular weight is 246 g/mol. The summed E-state index contributed by atoms with van der Waals surface area (Å²) in [7, 11) is 0. The number of nitrogens with one attached hydrogen (secondary N) is 3. The van der Waals surface area contributed by atoms with Crippen molar-refractivity contribution in [1.29, 1.82) is 0 Å². The SMILES string of the molecule is NCCNC(=O)c1cc2cc(NC=O)ccc2[nH]1. The molecule has 0 spiro atoms. The number of aromatic amines is 1. The Kier molecular flexibility index (Phi) is 3.59. The first-order chi connectivity index (χ1) is 8.74. The van der Waals surface area contributed by atoms with Crippen molar-refractivity contribution in [3.63, 3.8) is 0 Å². The van der Waals surface area contributed by atoms with Gasteiger partial charge in [-0.2, -0.15) is 0 Å². The molecule has 2 amide bonds. The molecule has 2 rings (SSSR count). The second-order valence-electron chi connectivity index (χ2n) is 3.79. The van der Waals surface area contributed by atoms with Crippen LogP contribution in [-0.2, 0) is 4.79 Å². The van der Waals surface area contributed by atoms with Crippen LogP contribution in [0.4, 0.5) is 5.69 Å². The Morgan fingerprint density at radius 1 is 1.39 bits per heavy atom. The van der Waals surface area contributed by atoms with E-state index in [9.17, 15) is 9.59 Å². The zero-order valence-corrected chi connectivity index (χ0v) is 9.69. The van der Waals surface area contributed by atoms with Crippen molar-refractivity contribution in [1.82, 2.24) is 10.3 Å². The number of carbonyl (C=O) groups excluding carboxylic acids is 2. The normalized spacial score (nSPS) is 10.3. The predicted molar refractivity (Wildman–Crippen MR) is 69.4 cm³/mol. The number of benzene rings is 1. The molecule has 0 saturated carbocycles. The second-order valence-corrected chi connectivity index (χ2v) is 3.79. The molecule has 5 N–H and O–H groups in total. The van der Waals surface area contributed by atoms with Crippen molar-refractivity contribution >= 4 is 28.9 Å². The first kappa shape index (κ1) is 12.1. The molecule has 2 aromatic rings. The highest BCUT2D eigenvalue weighted by Gasteiger charge is 2.08. The fourth-order valence-corrected chi connectivity index (χ4v) is 1.69. The molecular formula is C12H14N4O2. The van der Waals surface area contributed by atoms with Crippen LogP contribution in [0.1, 0.15) is 10.5 Å².